The van der Waals surface area contributed by atoms with E-state index in [1.807, 2.05) is 36.4 Å². The highest BCUT2D eigenvalue weighted by Gasteiger charge is 2.21. The Hall–Kier alpha value is -3.26. The smallest absolute Gasteiger partial charge is 0.329 e. The normalized spacial score (nSPS) is 12.3. The van der Waals surface area contributed by atoms with Crippen molar-refractivity contribution in [3.05, 3.63) is 76.9 Å². The van der Waals surface area contributed by atoms with Crippen LogP contribution in [-0.2, 0) is 17.7 Å². The molecule has 4 aromatic rings. The van der Waals surface area contributed by atoms with Crippen molar-refractivity contribution in [2.75, 3.05) is 11.9 Å². The lowest BCUT2D eigenvalue weighted by molar-refractivity contribution is -0.663. The first-order valence-corrected chi connectivity index (χ1v) is 11.1. The molecule has 0 radical (unpaired) electrons. The number of nitrogens with zero attached hydrogens (tertiary/aromatic N) is 3. The Labute approximate surface area is 171 Å². The molecule has 9 nitrogen and oxygen atoms in total. The van der Waals surface area contributed by atoms with Crippen molar-refractivity contribution >= 4 is 35.5 Å². The van der Waals surface area contributed by atoms with Gasteiger partial charge in [-0.3, -0.25) is 18.9 Å². The van der Waals surface area contributed by atoms with Gasteiger partial charge in [0.25, 0.3) is 11.5 Å². The highest BCUT2D eigenvalue weighted by atomic mass is 31.2. The minimum atomic E-state index is -4.10. The maximum absolute atomic E-state index is 12.6. The Morgan fingerprint density at radius 1 is 1.17 bits per heavy atom. The van der Waals surface area contributed by atoms with Crippen LogP contribution in [0.4, 0.5) is 5.95 Å². The highest BCUT2D eigenvalue weighted by Crippen LogP contribution is 2.33. The first-order chi connectivity index (χ1) is 14.3. The van der Waals surface area contributed by atoms with Crippen LogP contribution in [0.25, 0.3) is 21.9 Å². The predicted octanol–water partition coefficient (Wildman–Crippen LogP) is 1.53. The maximum Gasteiger partial charge on any atom is 0.329 e. The van der Waals surface area contributed by atoms with Gasteiger partial charge >= 0.3 is 13.2 Å². The van der Waals surface area contributed by atoms with E-state index >= 15 is 0 Å². The number of nitrogens with two attached hydrogens (primary N) is 1. The molecule has 0 atom stereocenters. The van der Waals surface area contributed by atoms with E-state index < -0.39 is 7.60 Å². The standard InChI is InChI=1S/C20H20N5O4P/c21-20-22-18-17(19(26)23-20)25(13-24(18)9-3-4-10-30(27,28)29)12-14-7-8-15-5-1-2-6-16(15)11-14/h1-8,11,13H,9-10,12H2,(H4-,21,22,23,26,27,28,29)/p+1/b4-3-. The lowest BCUT2D eigenvalue weighted by Gasteiger charge is -2.03. The fourth-order valence-corrected chi connectivity index (χ4v) is 3.82. The van der Waals surface area contributed by atoms with Gasteiger partial charge in [0, 0.05) is 0 Å². The summed E-state index contributed by atoms with van der Waals surface area (Å²) in [6.45, 7) is 0.742. The van der Waals surface area contributed by atoms with Crippen LogP contribution in [0, 0.1) is 0 Å². The molecule has 0 aliphatic heterocycles. The second kappa shape index (κ2) is 7.87. The van der Waals surface area contributed by atoms with Crippen molar-refractivity contribution in [1.82, 2.24) is 14.5 Å². The van der Waals surface area contributed by atoms with Gasteiger partial charge in [0.2, 0.25) is 5.52 Å². The van der Waals surface area contributed by atoms with Crippen molar-refractivity contribution in [1.29, 1.82) is 0 Å². The minimum absolute atomic E-state index is 0.00361. The molecule has 154 valence electrons. The van der Waals surface area contributed by atoms with Gasteiger partial charge in [-0.05, 0) is 22.4 Å². The third-order valence-corrected chi connectivity index (χ3v) is 5.40. The van der Waals surface area contributed by atoms with Crippen LogP contribution in [0.3, 0.4) is 0 Å². The van der Waals surface area contributed by atoms with Gasteiger partial charge in [-0.15, -0.1) is 0 Å². The van der Waals surface area contributed by atoms with Crippen LogP contribution in [0.5, 0.6) is 0 Å². The largest absolute Gasteiger partial charge is 0.355 e. The van der Waals surface area contributed by atoms with Crippen LogP contribution in [-0.4, -0.2) is 30.5 Å². The molecule has 5 N–H and O–H groups in total. The molecule has 0 unspecified atom stereocenters. The molecule has 0 saturated heterocycles. The fourth-order valence-electron chi connectivity index (χ4n) is 3.40. The Kier molecular flexibility index (Phi) is 5.26. The van der Waals surface area contributed by atoms with Crippen LogP contribution in [0.15, 0.2) is 65.7 Å². The third kappa shape index (κ3) is 4.33. The Bertz CT molecular complexity index is 1370. The number of imidazole rings is 1. The van der Waals surface area contributed by atoms with Gasteiger partial charge in [0.1, 0.15) is 0 Å². The molecule has 4 rings (SSSR count). The van der Waals surface area contributed by atoms with E-state index in [4.69, 9.17) is 15.5 Å². The molecule has 10 heteroatoms. The average molecular weight is 426 g/mol. The summed E-state index contributed by atoms with van der Waals surface area (Å²) in [5.74, 6) is 0.00361. The van der Waals surface area contributed by atoms with Gasteiger partial charge in [-0.25, -0.2) is 4.57 Å². The summed E-state index contributed by atoms with van der Waals surface area (Å²) < 4.78 is 14.5. The second-order valence-electron chi connectivity index (χ2n) is 7.02. The SMILES string of the molecule is Nc1nc2c(c(=O)[nH]1)n(Cc1ccc3ccccc3c1)c[n+]2C/C=C\CP(=O)(O)O. The van der Waals surface area contributed by atoms with Gasteiger partial charge in [0.15, 0.2) is 6.33 Å². The van der Waals surface area contributed by atoms with E-state index in [-0.39, 0.29) is 24.2 Å². The number of rotatable bonds is 6. The molecule has 0 aliphatic carbocycles. The van der Waals surface area contributed by atoms with Crippen LogP contribution >= 0.6 is 7.60 Å². The van der Waals surface area contributed by atoms with E-state index in [2.05, 4.69) is 16.0 Å². The van der Waals surface area contributed by atoms with Crippen molar-refractivity contribution in [3.8, 4) is 0 Å². The monoisotopic (exact) mass is 426 g/mol. The summed E-state index contributed by atoms with van der Waals surface area (Å²) in [4.78, 5) is 37.3. The number of aromatic nitrogens is 4. The summed E-state index contributed by atoms with van der Waals surface area (Å²) in [6, 6.07) is 14.2. The molecular formula is C20H21N5O4P+. The molecule has 0 fully saturated rings. The Balaban J connectivity index is 1.71. The zero-order valence-corrected chi connectivity index (χ0v) is 16.9. The van der Waals surface area contributed by atoms with Gasteiger partial charge in [-0.1, -0.05) is 53.5 Å². The molecule has 2 heterocycles. The first-order valence-electron chi connectivity index (χ1n) is 9.25. The number of hydrogen-bond acceptors (Lipinski definition) is 4. The highest BCUT2D eigenvalue weighted by molar-refractivity contribution is 7.51. The van der Waals surface area contributed by atoms with Crippen LogP contribution < -0.4 is 15.9 Å². The lowest BCUT2D eigenvalue weighted by atomic mass is 10.1. The first kappa shape index (κ1) is 20.0. The average Bonchev–Trinajstić information content (AvgIpc) is 3.02. The second-order valence-corrected chi connectivity index (χ2v) is 8.71. The van der Waals surface area contributed by atoms with Crippen molar-refractivity contribution < 1.29 is 18.9 Å². The predicted molar refractivity (Wildman–Crippen MR) is 114 cm³/mol. The number of nitrogen functional groups attached to an aromatic ring is 1. The summed E-state index contributed by atoms with van der Waals surface area (Å²) >= 11 is 0. The quantitative estimate of drug-likeness (QED) is 0.210. The minimum Gasteiger partial charge on any atom is -0.355 e. The lowest BCUT2D eigenvalue weighted by Crippen LogP contribution is -2.32. The number of allylic oxidation sites excluding steroid dienone is 2. The Morgan fingerprint density at radius 2 is 1.93 bits per heavy atom. The van der Waals surface area contributed by atoms with Gasteiger partial charge in [0.05, 0.1) is 19.3 Å². The molecule has 0 amide bonds. The van der Waals surface area contributed by atoms with Crippen molar-refractivity contribution in [3.63, 3.8) is 0 Å². The van der Waals surface area contributed by atoms with Crippen LogP contribution in [0.2, 0.25) is 0 Å². The number of H-pyrrole nitrogens is 1. The zero-order valence-electron chi connectivity index (χ0n) is 16.0. The van der Waals surface area contributed by atoms with Crippen molar-refractivity contribution in [2.24, 2.45) is 0 Å². The third-order valence-electron chi connectivity index (χ3n) is 4.71. The zero-order chi connectivity index (χ0) is 21.3. The summed E-state index contributed by atoms with van der Waals surface area (Å²) in [5, 5.41) is 2.24. The molecule has 0 aliphatic rings. The number of fused-ring (bicyclic) bond motifs is 2. The molecule has 2 aromatic carbocycles. The topological polar surface area (TPSA) is 138 Å². The molecule has 0 bridgehead atoms. The van der Waals surface area contributed by atoms with Crippen molar-refractivity contribution in [2.45, 2.75) is 13.1 Å². The summed E-state index contributed by atoms with van der Waals surface area (Å²) in [5.41, 5.74) is 7.16. The molecule has 0 saturated carbocycles. The molecular weight excluding hydrogens is 405 g/mol. The van der Waals surface area contributed by atoms with E-state index in [1.54, 1.807) is 21.5 Å². The van der Waals surface area contributed by atoms with E-state index in [0.29, 0.717) is 17.7 Å². The number of nitrogens with one attached hydrogen (secondary N) is 1. The number of hydrogen-bond donors (Lipinski definition) is 4. The maximum atomic E-state index is 12.6. The fraction of sp³-hybridized carbons (Fsp3) is 0.150. The number of anilines is 1. The number of benzene rings is 2. The van der Waals surface area contributed by atoms with Gasteiger partial charge < -0.3 is 15.5 Å². The molecule has 2 aromatic heterocycles. The summed E-state index contributed by atoms with van der Waals surface area (Å²) in [6.07, 6.45) is 4.44. The summed E-state index contributed by atoms with van der Waals surface area (Å²) in [7, 11) is -4.10. The van der Waals surface area contributed by atoms with E-state index in [1.165, 1.54) is 6.08 Å². The van der Waals surface area contributed by atoms with E-state index in [9.17, 15) is 9.36 Å². The van der Waals surface area contributed by atoms with Gasteiger partial charge in [-0.2, -0.15) is 0 Å². The Morgan fingerprint density at radius 3 is 2.70 bits per heavy atom. The van der Waals surface area contributed by atoms with Crippen LogP contribution in [0.1, 0.15) is 5.56 Å². The molecule has 30 heavy (non-hydrogen) atoms. The molecule has 0 spiro atoms. The number of aromatic amines is 1. The van der Waals surface area contributed by atoms with E-state index in [0.717, 1.165) is 16.3 Å².